The molecule has 6 aliphatic rings. The SMILES string of the molecule is CCC(N)C(=O)O.NC(Cc1ccccc1)C(=O)O.NC1(C(=O)O)CCC(=O)CC1.NC1(C(=O)O)CCCCC1.NC1(C(=O)O)CCCNC1.NC1(C(=O)O)CCNCC1.NC1(C(=O)O)CCOCC1.NC1(C(=O)O)CCSCC1.N[C@@H](Cc1ccccc1)C(=O)O.N[C@H](Cc1ccccc1)C(=O)O. The van der Waals surface area contributed by atoms with Crippen LogP contribution in [0.2, 0.25) is 0 Å². The van der Waals surface area contributed by atoms with Gasteiger partial charge in [-0.25, -0.2) is 0 Å². The van der Waals surface area contributed by atoms with E-state index in [2.05, 4.69) is 10.6 Å². The van der Waals surface area contributed by atoms with Crippen molar-refractivity contribution in [1.82, 2.24) is 10.6 Å². The maximum absolute atomic E-state index is 10.7. The van der Waals surface area contributed by atoms with Gasteiger partial charge in [0.25, 0.3) is 0 Å². The minimum absolute atomic E-state index is 0.118. The molecule has 0 amide bonds. The Bertz CT molecular complexity index is 2730. The topological polar surface area (TPSA) is 684 Å². The number of benzene rings is 3. The van der Waals surface area contributed by atoms with Crippen LogP contribution in [0.25, 0.3) is 0 Å². The van der Waals surface area contributed by atoms with Crippen LogP contribution in [0.5, 0.6) is 0 Å². The summed E-state index contributed by atoms with van der Waals surface area (Å²) in [5.41, 5.74) is 51.3. The van der Waals surface area contributed by atoms with Crippen molar-refractivity contribution >= 4 is 77.2 Å². The van der Waals surface area contributed by atoms with E-state index in [1.165, 1.54) is 0 Å². The summed E-state index contributed by atoms with van der Waals surface area (Å²) >= 11 is 1.77. The van der Waals surface area contributed by atoms with Gasteiger partial charge in [0.15, 0.2) is 0 Å². The van der Waals surface area contributed by atoms with Gasteiger partial charge < -0.3 is 124 Å². The third-order valence-electron chi connectivity index (χ3n) is 17.3. The number of carbonyl (C=O) groups is 11. The van der Waals surface area contributed by atoms with Crippen LogP contribution in [-0.2, 0) is 76.7 Å². The Morgan fingerprint density at radius 3 is 0.923 bits per heavy atom. The predicted octanol–water partition coefficient (Wildman–Crippen LogP) is 0.554. The third kappa shape index (κ3) is 39.1. The molecule has 4 aliphatic heterocycles. The molecule has 4 saturated heterocycles. The largest absolute Gasteiger partial charge is 0.480 e. The van der Waals surface area contributed by atoms with Gasteiger partial charge in [-0.1, -0.05) is 117 Å². The molecule has 0 spiro atoms. The van der Waals surface area contributed by atoms with Crippen LogP contribution in [-0.4, -0.2) is 225 Å². The van der Waals surface area contributed by atoms with Gasteiger partial charge in [-0.05, 0) is 151 Å². The number of ketones is 1. The lowest BCUT2D eigenvalue weighted by Crippen LogP contribution is -2.58. The molecular formula is C69H112N12O22S. The number of thioether (sulfide) groups is 1. The Morgan fingerprint density at radius 2 is 0.683 bits per heavy atom. The van der Waals surface area contributed by atoms with Crippen LogP contribution < -0.4 is 68.0 Å². The number of hydrogen-bond donors (Lipinski definition) is 22. The molecule has 6 fully saturated rings. The van der Waals surface area contributed by atoms with E-state index in [1.807, 2.05) is 91.0 Å². The molecule has 104 heavy (non-hydrogen) atoms. The highest BCUT2D eigenvalue weighted by Crippen LogP contribution is 2.27. The van der Waals surface area contributed by atoms with Crippen LogP contribution in [0.1, 0.15) is 139 Å². The van der Waals surface area contributed by atoms with Crippen molar-refractivity contribution in [2.24, 2.45) is 57.3 Å². The number of Topliss-reactive ketones (excluding diaryl/α,β-unsaturated/α-hetero) is 1. The second-order valence-electron chi connectivity index (χ2n) is 25.9. The highest BCUT2D eigenvalue weighted by Gasteiger charge is 2.40. The summed E-state index contributed by atoms with van der Waals surface area (Å²) in [6.07, 6.45) is 11.7. The summed E-state index contributed by atoms with van der Waals surface area (Å²) in [5.74, 6) is -7.33. The molecule has 0 radical (unpaired) electrons. The molecule has 3 aromatic rings. The summed E-state index contributed by atoms with van der Waals surface area (Å²) in [6.45, 7) is 5.35. The number of carboxylic acids is 10. The maximum Gasteiger partial charge on any atom is 0.325 e. The normalized spacial score (nSPS) is 20.2. The van der Waals surface area contributed by atoms with Gasteiger partial charge in [-0.15, -0.1) is 0 Å². The minimum atomic E-state index is -1.14. The number of ether oxygens (including phenoxy) is 1. The molecule has 4 heterocycles. The lowest BCUT2D eigenvalue weighted by Gasteiger charge is -2.29. The van der Waals surface area contributed by atoms with E-state index in [9.17, 15) is 52.7 Å². The summed E-state index contributed by atoms with van der Waals surface area (Å²) < 4.78 is 4.97. The zero-order valence-electron chi connectivity index (χ0n) is 59.0. The second kappa shape index (κ2) is 49.6. The van der Waals surface area contributed by atoms with Gasteiger partial charge in [-0.2, -0.15) is 11.8 Å². The van der Waals surface area contributed by atoms with Crippen molar-refractivity contribution < 1.29 is 109 Å². The predicted molar refractivity (Wildman–Crippen MR) is 388 cm³/mol. The third-order valence-corrected chi connectivity index (χ3v) is 18.3. The quantitative estimate of drug-likeness (QED) is 0.0877. The number of rotatable bonds is 17. The highest BCUT2D eigenvalue weighted by molar-refractivity contribution is 7.99. The number of hydrogen-bond acceptors (Lipinski definition) is 25. The van der Waals surface area contributed by atoms with E-state index >= 15 is 0 Å². The average Bonchev–Trinajstić information content (AvgIpc) is 0.912. The smallest absolute Gasteiger partial charge is 0.325 e. The molecule has 34 nitrogen and oxygen atoms in total. The molecule has 2 saturated carbocycles. The first-order valence-corrected chi connectivity index (χ1v) is 35.0. The van der Waals surface area contributed by atoms with Gasteiger partial charge in [0, 0.05) is 32.6 Å². The summed E-state index contributed by atoms with van der Waals surface area (Å²) in [4.78, 5) is 115. The van der Waals surface area contributed by atoms with Crippen LogP contribution in [0.15, 0.2) is 91.0 Å². The van der Waals surface area contributed by atoms with Gasteiger partial charge in [0.2, 0.25) is 0 Å². The first kappa shape index (κ1) is 95.9. The second-order valence-corrected chi connectivity index (χ2v) is 27.1. The number of carbonyl (C=O) groups excluding carboxylic acids is 1. The molecule has 5 atom stereocenters. The van der Waals surface area contributed by atoms with Crippen molar-refractivity contribution in [3.63, 3.8) is 0 Å². The minimum Gasteiger partial charge on any atom is -0.480 e. The molecule has 0 bridgehead atoms. The van der Waals surface area contributed by atoms with Crippen LogP contribution in [0.4, 0.5) is 0 Å². The van der Waals surface area contributed by atoms with Crippen LogP contribution in [0.3, 0.4) is 0 Å². The van der Waals surface area contributed by atoms with Crippen molar-refractivity contribution in [2.45, 2.75) is 199 Å². The van der Waals surface area contributed by atoms with Crippen LogP contribution >= 0.6 is 11.8 Å². The molecular weight excluding hydrogens is 1380 g/mol. The van der Waals surface area contributed by atoms with E-state index in [0.717, 1.165) is 60.4 Å². The molecule has 586 valence electrons. The number of nitrogens with two attached hydrogens (primary N) is 10. The lowest BCUT2D eigenvalue weighted by atomic mass is 9.82. The van der Waals surface area contributed by atoms with E-state index < -0.39 is 117 Å². The monoisotopic (exact) mass is 1490 g/mol. The first-order chi connectivity index (χ1) is 48.6. The van der Waals surface area contributed by atoms with Gasteiger partial charge >= 0.3 is 59.7 Å². The zero-order valence-corrected chi connectivity index (χ0v) is 59.8. The van der Waals surface area contributed by atoms with Gasteiger partial charge in [0.1, 0.15) is 63.2 Å². The van der Waals surface area contributed by atoms with Crippen molar-refractivity contribution in [3.8, 4) is 0 Å². The van der Waals surface area contributed by atoms with E-state index in [4.69, 9.17) is 113 Å². The molecule has 2 aliphatic carbocycles. The maximum atomic E-state index is 10.7. The fourth-order valence-corrected chi connectivity index (χ4v) is 10.9. The zero-order chi connectivity index (χ0) is 79.3. The van der Waals surface area contributed by atoms with Crippen molar-refractivity contribution in [2.75, 3.05) is 50.9 Å². The Morgan fingerprint density at radius 1 is 0.385 bits per heavy atom. The number of carboxylic acid groups (broad SMARTS) is 10. The van der Waals surface area contributed by atoms with Crippen molar-refractivity contribution in [1.29, 1.82) is 0 Å². The Kier molecular flexibility index (Phi) is 45.7. The fraction of sp³-hybridized carbons (Fsp3) is 0.580. The van der Waals surface area contributed by atoms with Gasteiger partial charge in [-0.3, -0.25) is 52.7 Å². The Hall–Kier alpha value is -8.14. The number of piperidine rings is 2. The summed E-state index contributed by atoms with van der Waals surface area (Å²) in [6, 6.07) is 25.0. The van der Waals surface area contributed by atoms with E-state index in [-0.39, 0.29) is 18.6 Å². The highest BCUT2D eigenvalue weighted by atomic mass is 32.2. The fourth-order valence-electron chi connectivity index (χ4n) is 9.72. The first-order valence-electron chi connectivity index (χ1n) is 33.9. The number of nitrogens with one attached hydrogen (secondary N) is 2. The molecule has 32 N–H and O–H groups in total. The summed E-state index contributed by atoms with van der Waals surface area (Å²) in [5, 5.41) is 91.5. The Labute approximate surface area is 609 Å². The molecule has 0 aromatic heterocycles. The van der Waals surface area contributed by atoms with Crippen LogP contribution in [0, 0.1) is 0 Å². The van der Waals surface area contributed by atoms with Crippen molar-refractivity contribution in [3.05, 3.63) is 108 Å². The standard InChI is InChI=1S/3C9H11NO2.C7H11NO3.C7H13NO2.2C6H12N2O2.C6H11NO3.C6H11NO2S.C4H9NO2/c3*10-8(9(11)12)6-7-4-2-1-3-5-7;8-7(6(10)11)3-1-5(9)2-4-7;8-7(6(9)10)4-2-1-3-5-7;7-6(5(9)10)1-3-8-4-2-6;7-6(5(9)10)2-1-3-8-4-6;2*7-6(5(8)9)1-3-10-4-2-6;1-2-3(5)4(6)7/h3*1-5,8H,6,10H2,(H,11,12);1-4,8H2,(H,10,11);1-5,8H2,(H,9,10);2*8H,1-4,7H2,(H,9,10);2*1-4,7H2,(H,8,9);3H,2,5H2,1H3,(H,6,7)/t2*8-;;;;;;;;/m10......../s1. The summed E-state index contributed by atoms with van der Waals surface area (Å²) in [7, 11) is 0. The molecule has 3 unspecified atom stereocenters. The average molecular weight is 1490 g/mol. The molecule has 3 aromatic carbocycles. The Balaban J connectivity index is 0.00000114. The lowest BCUT2D eigenvalue weighted by molar-refractivity contribution is -0.147. The molecule has 9 rings (SSSR count). The van der Waals surface area contributed by atoms with E-state index in [1.54, 1.807) is 18.7 Å². The van der Waals surface area contributed by atoms with E-state index in [0.29, 0.717) is 129 Å². The van der Waals surface area contributed by atoms with Gasteiger partial charge in [0.05, 0.1) is 0 Å². The number of aliphatic carboxylic acids is 10. The molecule has 35 heteroatoms.